The third-order valence-corrected chi connectivity index (χ3v) is 8.56. The van der Waals surface area contributed by atoms with Gasteiger partial charge >= 0.3 is 6.18 Å². The van der Waals surface area contributed by atoms with E-state index in [1.54, 1.807) is 69.3 Å². The number of alkyl halides is 3. The van der Waals surface area contributed by atoms with Gasteiger partial charge in [0.1, 0.15) is 12.6 Å². The molecule has 14 heteroatoms. The third kappa shape index (κ3) is 9.50. The van der Waals surface area contributed by atoms with Gasteiger partial charge in [0.15, 0.2) is 0 Å². The molecule has 238 valence electrons. The van der Waals surface area contributed by atoms with Crippen molar-refractivity contribution >= 4 is 62.3 Å². The molecule has 0 saturated carbocycles. The van der Waals surface area contributed by atoms with Crippen molar-refractivity contribution in [3.63, 3.8) is 0 Å². The molecular weight excluding hydrogens is 662 g/mol. The van der Waals surface area contributed by atoms with Gasteiger partial charge in [-0.15, -0.1) is 0 Å². The maximum atomic E-state index is 14.2. The van der Waals surface area contributed by atoms with Gasteiger partial charge in [0.25, 0.3) is 0 Å². The standard InChI is InChI=1S/C30H31Cl3F3N3O4S/c1-29(2,3)37-28(41)26(15-19-9-6-5-7-10-19)38(17-21-23(31)11-8-12-24(21)32)27(40)18-39(44(4,42)43)20-13-14-25(33)22(16-20)30(34,35)36/h5-14,16,26H,15,17-18H2,1-4H3,(H,37,41)/t26-/m0/s1. The summed E-state index contributed by atoms with van der Waals surface area (Å²) in [4.78, 5) is 29.1. The predicted octanol–water partition coefficient (Wildman–Crippen LogP) is 6.99. The molecule has 44 heavy (non-hydrogen) atoms. The van der Waals surface area contributed by atoms with Crippen molar-refractivity contribution in [2.24, 2.45) is 0 Å². The average Bonchev–Trinajstić information content (AvgIpc) is 2.89. The minimum Gasteiger partial charge on any atom is -0.350 e. The number of carbonyl (C=O) groups is 2. The molecule has 1 N–H and O–H groups in total. The van der Waals surface area contributed by atoms with Crippen LogP contribution in [0.2, 0.25) is 15.1 Å². The molecule has 0 unspecified atom stereocenters. The van der Waals surface area contributed by atoms with Gasteiger partial charge in [0.05, 0.1) is 22.5 Å². The Balaban J connectivity index is 2.16. The summed E-state index contributed by atoms with van der Waals surface area (Å²) in [5.41, 5.74) is -1.44. The van der Waals surface area contributed by atoms with E-state index in [4.69, 9.17) is 34.8 Å². The number of benzene rings is 3. The lowest BCUT2D eigenvalue weighted by Crippen LogP contribution is -2.56. The first-order valence-corrected chi connectivity index (χ1v) is 16.2. The molecule has 3 aromatic rings. The van der Waals surface area contributed by atoms with E-state index in [1.165, 1.54) is 0 Å². The zero-order valence-corrected chi connectivity index (χ0v) is 27.3. The molecule has 0 aliphatic rings. The SMILES string of the molecule is CC(C)(C)NC(=O)[C@H](Cc1ccccc1)N(Cc1c(Cl)cccc1Cl)C(=O)CN(c1ccc(Cl)c(C(F)(F)F)c1)S(C)(=O)=O. The largest absolute Gasteiger partial charge is 0.417 e. The minimum atomic E-state index is -4.89. The van der Waals surface area contributed by atoms with Gasteiger partial charge in [-0.3, -0.25) is 13.9 Å². The van der Waals surface area contributed by atoms with E-state index in [0.29, 0.717) is 21.5 Å². The van der Waals surface area contributed by atoms with Crippen molar-refractivity contribution < 1.29 is 31.2 Å². The number of hydrogen-bond acceptors (Lipinski definition) is 4. The van der Waals surface area contributed by atoms with Gasteiger partial charge in [0.2, 0.25) is 21.8 Å². The first-order valence-electron chi connectivity index (χ1n) is 13.2. The Labute approximate surface area is 269 Å². The quantitative estimate of drug-likeness (QED) is 0.248. The minimum absolute atomic E-state index is 0.0224. The van der Waals surface area contributed by atoms with Crippen LogP contribution in [0.4, 0.5) is 18.9 Å². The van der Waals surface area contributed by atoms with Gasteiger partial charge in [-0.1, -0.05) is 71.2 Å². The first kappa shape index (κ1) is 35.5. The molecule has 0 radical (unpaired) electrons. The van der Waals surface area contributed by atoms with Crippen molar-refractivity contribution in [2.45, 2.75) is 51.5 Å². The van der Waals surface area contributed by atoms with Gasteiger partial charge < -0.3 is 10.2 Å². The second-order valence-electron chi connectivity index (χ2n) is 11.1. The Morgan fingerprint density at radius 2 is 1.48 bits per heavy atom. The van der Waals surface area contributed by atoms with E-state index in [0.717, 1.165) is 23.3 Å². The molecule has 0 bridgehead atoms. The molecule has 2 amide bonds. The summed E-state index contributed by atoms with van der Waals surface area (Å²) >= 11 is 18.6. The molecule has 0 aliphatic carbocycles. The van der Waals surface area contributed by atoms with Crippen LogP contribution in [-0.2, 0) is 38.8 Å². The molecular formula is C30H31Cl3F3N3O4S. The zero-order chi connectivity index (χ0) is 33.0. The Kier molecular flexibility index (Phi) is 11.3. The molecule has 3 aromatic carbocycles. The van der Waals surface area contributed by atoms with E-state index in [9.17, 15) is 31.2 Å². The Bertz CT molecular complexity index is 1590. The fraction of sp³-hybridized carbons (Fsp3) is 0.333. The normalized spacial score (nSPS) is 12.9. The number of nitrogens with zero attached hydrogens (tertiary/aromatic N) is 2. The van der Waals surface area contributed by atoms with Crippen LogP contribution in [0, 0.1) is 0 Å². The van der Waals surface area contributed by atoms with Crippen molar-refractivity contribution in [3.05, 3.63) is 98.5 Å². The van der Waals surface area contributed by atoms with Crippen LogP contribution in [-0.4, -0.2) is 49.5 Å². The smallest absolute Gasteiger partial charge is 0.350 e. The Morgan fingerprint density at radius 1 is 0.886 bits per heavy atom. The van der Waals surface area contributed by atoms with Crippen molar-refractivity contribution in [1.82, 2.24) is 10.2 Å². The van der Waals surface area contributed by atoms with E-state index in [1.807, 2.05) is 0 Å². The molecule has 0 aromatic heterocycles. The first-order chi connectivity index (χ1) is 20.3. The fourth-order valence-corrected chi connectivity index (χ4v) is 5.94. The van der Waals surface area contributed by atoms with Crippen LogP contribution in [0.3, 0.4) is 0 Å². The topological polar surface area (TPSA) is 86.8 Å². The van der Waals surface area contributed by atoms with Crippen LogP contribution < -0.4 is 9.62 Å². The van der Waals surface area contributed by atoms with Crippen LogP contribution in [0.15, 0.2) is 66.7 Å². The number of carbonyl (C=O) groups excluding carboxylic acids is 2. The van der Waals surface area contributed by atoms with Gasteiger partial charge in [0, 0.05) is 34.1 Å². The zero-order valence-electron chi connectivity index (χ0n) is 24.3. The number of hydrogen-bond donors (Lipinski definition) is 1. The van der Waals surface area contributed by atoms with Gasteiger partial charge in [-0.2, -0.15) is 13.2 Å². The highest BCUT2D eigenvalue weighted by Gasteiger charge is 2.37. The second-order valence-corrected chi connectivity index (χ2v) is 14.2. The average molecular weight is 693 g/mol. The molecule has 0 spiro atoms. The molecule has 7 nitrogen and oxygen atoms in total. The van der Waals surface area contributed by atoms with Crippen molar-refractivity contribution in [1.29, 1.82) is 0 Å². The van der Waals surface area contributed by atoms with Crippen LogP contribution in [0.5, 0.6) is 0 Å². The monoisotopic (exact) mass is 691 g/mol. The van der Waals surface area contributed by atoms with Crippen LogP contribution in [0.25, 0.3) is 0 Å². The van der Waals surface area contributed by atoms with Gasteiger partial charge in [-0.25, -0.2) is 8.42 Å². The lowest BCUT2D eigenvalue weighted by molar-refractivity contribution is -0.140. The molecule has 0 saturated heterocycles. The molecule has 0 fully saturated rings. The van der Waals surface area contributed by atoms with Crippen molar-refractivity contribution in [3.8, 4) is 0 Å². The molecule has 0 aliphatic heterocycles. The third-order valence-electron chi connectivity index (χ3n) is 6.38. The number of nitrogens with one attached hydrogen (secondary N) is 1. The highest BCUT2D eigenvalue weighted by atomic mass is 35.5. The molecule has 3 rings (SSSR count). The number of rotatable bonds is 10. The van der Waals surface area contributed by atoms with E-state index >= 15 is 0 Å². The lowest BCUT2D eigenvalue weighted by Gasteiger charge is -2.35. The summed E-state index contributed by atoms with van der Waals surface area (Å²) in [5, 5.41) is 2.61. The number of amides is 2. The maximum absolute atomic E-state index is 14.2. The number of anilines is 1. The fourth-order valence-electron chi connectivity index (χ4n) is 4.36. The van der Waals surface area contributed by atoms with Gasteiger partial charge in [-0.05, 0) is 56.7 Å². The molecule has 0 heterocycles. The number of halogens is 6. The summed E-state index contributed by atoms with van der Waals surface area (Å²) in [7, 11) is -4.32. The number of sulfonamides is 1. The second kappa shape index (κ2) is 14.0. The summed E-state index contributed by atoms with van der Waals surface area (Å²) in [6.45, 7) is 4.02. The Hall–Kier alpha value is -2.99. The summed E-state index contributed by atoms with van der Waals surface area (Å²) in [5.74, 6) is -1.44. The Morgan fingerprint density at radius 3 is 2.00 bits per heavy atom. The summed E-state index contributed by atoms with van der Waals surface area (Å²) in [6.07, 6.45) is -4.11. The predicted molar refractivity (Wildman–Crippen MR) is 167 cm³/mol. The van der Waals surface area contributed by atoms with E-state index < -0.39 is 62.4 Å². The molecule has 1 atom stereocenters. The van der Waals surface area contributed by atoms with E-state index in [-0.39, 0.29) is 23.0 Å². The highest BCUT2D eigenvalue weighted by Crippen LogP contribution is 2.37. The van der Waals surface area contributed by atoms with Crippen molar-refractivity contribution in [2.75, 3.05) is 17.1 Å². The van der Waals surface area contributed by atoms with Crippen LogP contribution in [0.1, 0.15) is 37.5 Å². The summed E-state index contributed by atoms with van der Waals surface area (Å²) < 4.78 is 67.3. The maximum Gasteiger partial charge on any atom is 0.417 e. The summed E-state index contributed by atoms with van der Waals surface area (Å²) in [6, 6.07) is 14.8. The van der Waals surface area contributed by atoms with E-state index in [2.05, 4.69) is 5.32 Å². The lowest BCUT2D eigenvalue weighted by atomic mass is 10.0. The highest BCUT2D eigenvalue weighted by molar-refractivity contribution is 7.92. The van der Waals surface area contributed by atoms with Crippen LogP contribution >= 0.6 is 34.8 Å².